The van der Waals surface area contributed by atoms with Crippen molar-refractivity contribution in [1.29, 1.82) is 0 Å². The lowest BCUT2D eigenvalue weighted by atomic mass is 9.71. The Kier molecular flexibility index (Phi) is 6.73. The highest BCUT2D eigenvalue weighted by Gasteiger charge is 2.46. The molecule has 2 aromatic rings. The van der Waals surface area contributed by atoms with E-state index in [-0.39, 0.29) is 17.8 Å². The van der Waals surface area contributed by atoms with Crippen LogP contribution in [0.15, 0.2) is 41.6 Å². The molecule has 2 saturated heterocycles. The molecule has 0 bridgehead atoms. The van der Waals surface area contributed by atoms with Crippen molar-refractivity contribution >= 4 is 41.1 Å². The minimum atomic E-state index is -0.519. The monoisotopic (exact) mass is 532 g/mol. The summed E-state index contributed by atoms with van der Waals surface area (Å²) in [5, 5.41) is 6.10. The van der Waals surface area contributed by atoms with Crippen LogP contribution >= 0.6 is 11.3 Å². The van der Waals surface area contributed by atoms with E-state index in [2.05, 4.69) is 21.4 Å². The molecule has 4 aliphatic heterocycles. The third-order valence-corrected chi connectivity index (χ3v) is 9.02. The summed E-state index contributed by atoms with van der Waals surface area (Å²) in [5.41, 5.74) is 2.63. The zero-order valence-electron chi connectivity index (χ0n) is 21.4. The molecule has 10 heteroatoms. The van der Waals surface area contributed by atoms with Crippen molar-refractivity contribution in [1.82, 2.24) is 24.7 Å². The summed E-state index contributed by atoms with van der Waals surface area (Å²) in [7, 11) is 0. The molecule has 0 aromatic carbocycles. The SMILES string of the molecule is O=C(C=Cc1cnc2c(c1)CC1(CCN(C(=O)N3CCC3)CC1)C(=O)N2)N1CC=C(Cc2nccs2)CC1. The topological polar surface area (TPSA) is 98.7 Å². The van der Waals surface area contributed by atoms with Crippen molar-refractivity contribution in [2.24, 2.45) is 5.41 Å². The number of likely N-dealkylation sites (tertiary alicyclic amines) is 2. The second-order valence-corrected chi connectivity index (χ2v) is 11.6. The van der Waals surface area contributed by atoms with Crippen LogP contribution in [0.1, 0.15) is 41.8 Å². The highest BCUT2D eigenvalue weighted by molar-refractivity contribution is 7.09. The van der Waals surface area contributed by atoms with Crippen LogP contribution in [0.3, 0.4) is 0 Å². The lowest BCUT2D eigenvalue weighted by Crippen LogP contribution is -2.55. The molecule has 2 fully saturated rings. The minimum absolute atomic E-state index is 0.000554. The summed E-state index contributed by atoms with van der Waals surface area (Å²) >= 11 is 1.66. The molecule has 198 valence electrons. The first-order chi connectivity index (χ1) is 18.5. The van der Waals surface area contributed by atoms with Gasteiger partial charge in [-0.25, -0.2) is 14.8 Å². The van der Waals surface area contributed by atoms with Crippen molar-refractivity contribution in [2.45, 2.75) is 38.5 Å². The summed E-state index contributed by atoms with van der Waals surface area (Å²) < 4.78 is 0. The number of fused-ring (bicyclic) bond motifs is 1. The highest BCUT2D eigenvalue weighted by Crippen LogP contribution is 2.41. The number of piperidine rings is 1. The van der Waals surface area contributed by atoms with Crippen LogP contribution in [0.5, 0.6) is 0 Å². The van der Waals surface area contributed by atoms with Gasteiger partial charge in [0.05, 0.1) is 10.4 Å². The highest BCUT2D eigenvalue weighted by atomic mass is 32.1. The van der Waals surface area contributed by atoms with Gasteiger partial charge in [-0.1, -0.05) is 11.6 Å². The lowest BCUT2D eigenvalue weighted by Gasteiger charge is -2.45. The number of amides is 4. The summed E-state index contributed by atoms with van der Waals surface area (Å²) in [6.45, 7) is 4.17. The van der Waals surface area contributed by atoms with Crippen LogP contribution in [-0.2, 0) is 22.4 Å². The van der Waals surface area contributed by atoms with E-state index in [4.69, 9.17) is 0 Å². The second-order valence-electron chi connectivity index (χ2n) is 10.6. The Bertz CT molecular complexity index is 1290. The second kappa shape index (κ2) is 10.3. The molecule has 0 aliphatic carbocycles. The zero-order chi connectivity index (χ0) is 26.1. The van der Waals surface area contributed by atoms with Crippen LogP contribution in [0.25, 0.3) is 6.08 Å². The summed E-state index contributed by atoms with van der Waals surface area (Å²) in [5.74, 6) is 0.577. The maximum absolute atomic E-state index is 13.1. The Hall–Kier alpha value is -3.53. The van der Waals surface area contributed by atoms with Gasteiger partial charge in [0.25, 0.3) is 0 Å². The van der Waals surface area contributed by atoms with Gasteiger partial charge in [-0.15, -0.1) is 11.3 Å². The normalized spacial score (nSPS) is 20.7. The van der Waals surface area contributed by atoms with Gasteiger partial charge in [-0.05, 0) is 55.4 Å². The quantitative estimate of drug-likeness (QED) is 0.481. The van der Waals surface area contributed by atoms with Crippen molar-refractivity contribution < 1.29 is 14.4 Å². The molecular formula is C28H32N6O3S. The number of hydrogen-bond acceptors (Lipinski definition) is 6. The van der Waals surface area contributed by atoms with Gasteiger partial charge in [0.2, 0.25) is 11.8 Å². The number of aromatic nitrogens is 2. The third kappa shape index (κ3) is 4.97. The van der Waals surface area contributed by atoms with Crippen molar-refractivity contribution in [2.75, 3.05) is 44.6 Å². The Morgan fingerprint density at radius 1 is 1.08 bits per heavy atom. The number of hydrogen-bond donors (Lipinski definition) is 1. The van der Waals surface area contributed by atoms with Crippen molar-refractivity contribution in [3.8, 4) is 0 Å². The van der Waals surface area contributed by atoms with E-state index in [0.29, 0.717) is 51.3 Å². The number of anilines is 1. The molecule has 1 N–H and O–H groups in total. The minimum Gasteiger partial charge on any atom is -0.335 e. The third-order valence-electron chi connectivity index (χ3n) is 8.24. The van der Waals surface area contributed by atoms with Crippen molar-refractivity contribution in [3.05, 3.63) is 57.7 Å². The predicted octanol–water partition coefficient (Wildman–Crippen LogP) is 3.36. The molecule has 0 atom stereocenters. The smallest absolute Gasteiger partial charge is 0.320 e. The van der Waals surface area contributed by atoms with Crippen LogP contribution in [-0.4, -0.2) is 81.8 Å². The fourth-order valence-corrected chi connectivity index (χ4v) is 6.34. The molecule has 0 saturated carbocycles. The lowest BCUT2D eigenvalue weighted by molar-refractivity contribution is -0.128. The first-order valence-corrected chi connectivity index (χ1v) is 14.2. The van der Waals surface area contributed by atoms with E-state index in [0.717, 1.165) is 48.5 Å². The Morgan fingerprint density at radius 3 is 2.58 bits per heavy atom. The molecule has 6 heterocycles. The van der Waals surface area contributed by atoms with Crippen LogP contribution in [0.2, 0.25) is 0 Å². The average molecular weight is 533 g/mol. The average Bonchev–Trinajstić information content (AvgIpc) is 3.41. The first-order valence-electron chi connectivity index (χ1n) is 13.4. The molecule has 6 rings (SSSR count). The van der Waals surface area contributed by atoms with Crippen LogP contribution < -0.4 is 5.32 Å². The number of pyridine rings is 1. The maximum Gasteiger partial charge on any atom is 0.320 e. The molecule has 1 spiro atoms. The fraction of sp³-hybridized carbons (Fsp3) is 0.464. The number of carbonyl (C=O) groups is 3. The van der Waals surface area contributed by atoms with E-state index < -0.39 is 5.41 Å². The Balaban J connectivity index is 1.07. The first kappa shape index (κ1) is 24.8. The van der Waals surface area contributed by atoms with Gasteiger partial charge in [-0.3, -0.25) is 9.59 Å². The Morgan fingerprint density at radius 2 is 1.89 bits per heavy atom. The fourth-order valence-electron chi connectivity index (χ4n) is 5.67. The van der Waals surface area contributed by atoms with Gasteiger partial charge in [0.1, 0.15) is 5.82 Å². The number of nitrogens with one attached hydrogen (secondary N) is 1. The molecule has 0 unspecified atom stereocenters. The number of nitrogens with zero attached hydrogens (tertiary/aromatic N) is 5. The van der Waals surface area contributed by atoms with Gasteiger partial charge in [-0.2, -0.15) is 0 Å². The van der Waals surface area contributed by atoms with Gasteiger partial charge < -0.3 is 20.0 Å². The number of carbonyl (C=O) groups excluding carboxylic acids is 3. The number of urea groups is 1. The molecular weight excluding hydrogens is 500 g/mol. The summed E-state index contributed by atoms with van der Waals surface area (Å²) in [6.07, 6.45) is 13.8. The Labute approximate surface area is 226 Å². The maximum atomic E-state index is 13.1. The van der Waals surface area contributed by atoms with Gasteiger partial charge in [0.15, 0.2) is 0 Å². The molecule has 4 aliphatic rings. The standard InChI is InChI=1S/C28H32N6O3S/c35-24(32-11-4-20(5-12-32)17-23-29-8-15-38-23)3-2-21-16-22-18-28(26(36)31-25(22)30-19-21)6-13-34(14-7-28)27(37)33-9-1-10-33/h2-4,8,15-16,19H,1,5-7,9-14,17-18H2,(H,30,31,36). The molecule has 0 radical (unpaired) electrons. The zero-order valence-corrected chi connectivity index (χ0v) is 22.2. The van der Waals surface area contributed by atoms with E-state index in [9.17, 15) is 14.4 Å². The number of thiazole rings is 1. The largest absolute Gasteiger partial charge is 0.335 e. The van der Waals surface area contributed by atoms with Gasteiger partial charge >= 0.3 is 6.03 Å². The van der Waals surface area contributed by atoms with E-state index in [1.165, 1.54) is 5.57 Å². The molecule has 4 amide bonds. The number of rotatable bonds is 4. The summed E-state index contributed by atoms with van der Waals surface area (Å²) in [6, 6.07) is 2.12. The molecule has 9 nitrogen and oxygen atoms in total. The van der Waals surface area contributed by atoms with Crippen molar-refractivity contribution in [3.63, 3.8) is 0 Å². The van der Waals surface area contributed by atoms with E-state index >= 15 is 0 Å². The predicted molar refractivity (Wildman–Crippen MR) is 146 cm³/mol. The van der Waals surface area contributed by atoms with E-state index in [1.54, 1.807) is 23.6 Å². The molecule has 38 heavy (non-hydrogen) atoms. The van der Waals surface area contributed by atoms with Crippen LogP contribution in [0, 0.1) is 5.41 Å². The van der Waals surface area contributed by atoms with E-state index in [1.807, 2.05) is 38.4 Å². The molecule has 2 aromatic heterocycles. The summed E-state index contributed by atoms with van der Waals surface area (Å²) in [4.78, 5) is 52.9. The van der Waals surface area contributed by atoms with Crippen LogP contribution in [0.4, 0.5) is 10.6 Å². The van der Waals surface area contributed by atoms with Gasteiger partial charge in [0, 0.05) is 69.5 Å².